The molecule has 0 N–H and O–H groups in total. The lowest BCUT2D eigenvalue weighted by atomic mass is 10.0. The van der Waals surface area contributed by atoms with Crippen molar-refractivity contribution in [2.75, 3.05) is 27.2 Å². The highest BCUT2D eigenvalue weighted by molar-refractivity contribution is 5.69. The lowest BCUT2D eigenvalue weighted by Crippen LogP contribution is -2.15. The number of rotatable bonds is 3. The summed E-state index contributed by atoms with van der Waals surface area (Å²) in [5, 5.41) is 0. The van der Waals surface area contributed by atoms with E-state index in [1.54, 1.807) is 0 Å². The van der Waals surface area contributed by atoms with Crippen LogP contribution in [0.5, 0.6) is 0 Å². The zero-order chi connectivity index (χ0) is 9.84. The Kier molecular flexibility index (Phi) is 3.66. The minimum absolute atomic E-state index is 0.00380. The first-order valence-electron chi connectivity index (χ1n) is 4.53. The fourth-order valence-corrected chi connectivity index (χ4v) is 1.71. The van der Waals surface area contributed by atoms with Crippen molar-refractivity contribution in [1.29, 1.82) is 0 Å². The van der Waals surface area contributed by atoms with Gasteiger partial charge in [0.2, 0.25) is 0 Å². The molecule has 3 nitrogen and oxygen atoms in total. The number of alkyl halides is 1. The topological polar surface area (TPSA) is 29.5 Å². The summed E-state index contributed by atoms with van der Waals surface area (Å²) in [5.41, 5.74) is 0. The zero-order valence-electron chi connectivity index (χ0n) is 8.12. The third-order valence-electron chi connectivity index (χ3n) is 2.49. The summed E-state index contributed by atoms with van der Waals surface area (Å²) in [6.07, 6.45) is 0.141. The molecule has 2 unspecified atom stereocenters. The number of nitrogens with zero attached hydrogens (tertiary/aromatic N) is 1. The van der Waals surface area contributed by atoms with Crippen LogP contribution in [0.2, 0.25) is 0 Å². The number of halogens is 1. The first-order chi connectivity index (χ1) is 6.13. The van der Waals surface area contributed by atoms with E-state index in [0.717, 1.165) is 6.54 Å². The van der Waals surface area contributed by atoms with Gasteiger partial charge in [-0.25, -0.2) is 4.39 Å². The van der Waals surface area contributed by atoms with Crippen molar-refractivity contribution < 1.29 is 13.9 Å². The van der Waals surface area contributed by atoms with Crippen LogP contribution in [0.15, 0.2) is 0 Å². The van der Waals surface area contributed by atoms with Gasteiger partial charge in [-0.15, -0.1) is 0 Å². The van der Waals surface area contributed by atoms with E-state index in [9.17, 15) is 9.18 Å². The molecule has 1 aliphatic rings. The monoisotopic (exact) mass is 189 g/mol. The Bertz CT molecular complexity index is 186. The van der Waals surface area contributed by atoms with Gasteiger partial charge in [-0.2, -0.15) is 0 Å². The molecule has 0 saturated carbocycles. The SMILES string of the molecule is COC(=O)CCC1CN(C)CC1F. The summed E-state index contributed by atoms with van der Waals surface area (Å²) in [6, 6.07) is 0. The molecule has 1 aliphatic heterocycles. The molecule has 1 fully saturated rings. The van der Waals surface area contributed by atoms with Crippen molar-refractivity contribution in [3.05, 3.63) is 0 Å². The van der Waals surface area contributed by atoms with E-state index in [1.807, 2.05) is 11.9 Å². The van der Waals surface area contributed by atoms with Crippen molar-refractivity contribution in [2.24, 2.45) is 5.92 Å². The Balaban J connectivity index is 2.25. The van der Waals surface area contributed by atoms with Gasteiger partial charge in [0, 0.05) is 25.4 Å². The van der Waals surface area contributed by atoms with E-state index < -0.39 is 6.17 Å². The Morgan fingerprint density at radius 2 is 2.31 bits per heavy atom. The van der Waals surface area contributed by atoms with Crippen molar-refractivity contribution in [3.8, 4) is 0 Å². The number of likely N-dealkylation sites (tertiary alicyclic amines) is 1. The van der Waals surface area contributed by atoms with Crippen LogP contribution in [0, 0.1) is 5.92 Å². The third kappa shape index (κ3) is 2.95. The largest absolute Gasteiger partial charge is 0.469 e. The molecular formula is C9H16FNO2. The highest BCUT2D eigenvalue weighted by atomic mass is 19.1. The molecule has 0 spiro atoms. The second-order valence-electron chi connectivity index (χ2n) is 3.61. The molecule has 0 aromatic carbocycles. The quantitative estimate of drug-likeness (QED) is 0.616. The van der Waals surface area contributed by atoms with Crippen LogP contribution in [-0.2, 0) is 9.53 Å². The van der Waals surface area contributed by atoms with Crippen molar-refractivity contribution in [3.63, 3.8) is 0 Å². The molecule has 0 aromatic heterocycles. The van der Waals surface area contributed by atoms with Crippen LogP contribution >= 0.6 is 0 Å². The molecule has 2 atom stereocenters. The molecule has 0 aromatic rings. The fraction of sp³-hybridized carbons (Fsp3) is 0.889. The molecule has 4 heteroatoms. The summed E-state index contributed by atoms with van der Waals surface area (Å²) in [4.78, 5) is 12.7. The van der Waals surface area contributed by atoms with Gasteiger partial charge in [0.05, 0.1) is 7.11 Å². The zero-order valence-corrected chi connectivity index (χ0v) is 8.12. The number of ether oxygens (including phenoxy) is 1. The van der Waals surface area contributed by atoms with Gasteiger partial charge in [-0.05, 0) is 13.5 Å². The molecule has 76 valence electrons. The van der Waals surface area contributed by atoms with Gasteiger partial charge in [-0.1, -0.05) is 0 Å². The maximum absolute atomic E-state index is 13.2. The van der Waals surface area contributed by atoms with Crippen molar-refractivity contribution in [2.45, 2.75) is 19.0 Å². The first-order valence-corrected chi connectivity index (χ1v) is 4.53. The van der Waals surface area contributed by atoms with E-state index in [4.69, 9.17) is 0 Å². The minimum atomic E-state index is -0.783. The summed E-state index contributed by atoms with van der Waals surface area (Å²) in [6.45, 7) is 1.24. The smallest absolute Gasteiger partial charge is 0.305 e. The highest BCUT2D eigenvalue weighted by Crippen LogP contribution is 2.23. The van der Waals surface area contributed by atoms with Gasteiger partial charge in [0.25, 0.3) is 0 Å². The Morgan fingerprint density at radius 3 is 2.77 bits per heavy atom. The van der Waals surface area contributed by atoms with Gasteiger partial charge in [0.15, 0.2) is 0 Å². The van der Waals surface area contributed by atoms with Gasteiger partial charge >= 0.3 is 5.97 Å². The molecule has 13 heavy (non-hydrogen) atoms. The maximum atomic E-state index is 13.2. The molecule has 0 aliphatic carbocycles. The molecule has 0 radical (unpaired) electrons. The normalized spacial score (nSPS) is 29.2. The molecule has 0 bridgehead atoms. The van der Waals surface area contributed by atoms with Crippen LogP contribution in [0.1, 0.15) is 12.8 Å². The van der Waals surface area contributed by atoms with Crippen LogP contribution in [0.4, 0.5) is 4.39 Å². The molecule has 0 amide bonds. The maximum Gasteiger partial charge on any atom is 0.305 e. The molecule has 1 heterocycles. The number of esters is 1. The van der Waals surface area contributed by atoms with Crippen LogP contribution in [0.3, 0.4) is 0 Å². The summed E-state index contributed by atoms with van der Waals surface area (Å²) in [5.74, 6) is -0.245. The van der Waals surface area contributed by atoms with E-state index >= 15 is 0 Å². The van der Waals surface area contributed by atoms with Gasteiger partial charge < -0.3 is 9.64 Å². The molecule has 1 saturated heterocycles. The first kappa shape index (κ1) is 10.4. The number of carbonyl (C=O) groups is 1. The Labute approximate surface area is 77.9 Å². The standard InChI is InChI=1S/C9H16FNO2/c1-11-5-7(8(10)6-11)3-4-9(12)13-2/h7-8H,3-6H2,1-2H3. The average molecular weight is 189 g/mol. The summed E-state index contributed by atoms with van der Waals surface area (Å²) in [7, 11) is 3.25. The van der Waals surface area contributed by atoms with E-state index in [2.05, 4.69) is 4.74 Å². The molecule has 1 rings (SSSR count). The average Bonchev–Trinajstić information content (AvgIpc) is 2.41. The minimum Gasteiger partial charge on any atom is -0.469 e. The second kappa shape index (κ2) is 4.56. The van der Waals surface area contributed by atoms with E-state index in [0.29, 0.717) is 19.4 Å². The predicted molar refractivity (Wildman–Crippen MR) is 47.1 cm³/mol. The number of methoxy groups -OCH3 is 1. The fourth-order valence-electron chi connectivity index (χ4n) is 1.71. The van der Waals surface area contributed by atoms with Crippen LogP contribution < -0.4 is 0 Å². The number of hydrogen-bond acceptors (Lipinski definition) is 3. The summed E-state index contributed by atoms with van der Waals surface area (Å²) >= 11 is 0. The van der Waals surface area contributed by atoms with Crippen molar-refractivity contribution >= 4 is 5.97 Å². The van der Waals surface area contributed by atoms with Gasteiger partial charge in [0.1, 0.15) is 6.17 Å². The van der Waals surface area contributed by atoms with E-state index in [-0.39, 0.29) is 11.9 Å². The van der Waals surface area contributed by atoms with E-state index in [1.165, 1.54) is 7.11 Å². The second-order valence-corrected chi connectivity index (χ2v) is 3.61. The lowest BCUT2D eigenvalue weighted by Gasteiger charge is -2.10. The molecular weight excluding hydrogens is 173 g/mol. The predicted octanol–water partition coefficient (Wildman–Crippen LogP) is 0.839. The number of carbonyl (C=O) groups excluding carboxylic acids is 1. The lowest BCUT2D eigenvalue weighted by molar-refractivity contribution is -0.141. The van der Waals surface area contributed by atoms with Gasteiger partial charge in [-0.3, -0.25) is 4.79 Å². The van der Waals surface area contributed by atoms with Crippen molar-refractivity contribution in [1.82, 2.24) is 4.90 Å². The summed E-state index contributed by atoms with van der Waals surface area (Å²) < 4.78 is 17.7. The third-order valence-corrected chi connectivity index (χ3v) is 2.49. The highest BCUT2D eigenvalue weighted by Gasteiger charge is 2.30. The Morgan fingerprint density at radius 1 is 1.62 bits per heavy atom. The Hall–Kier alpha value is -0.640. The number of hydrogen-bond donors (Lipinski definition) is 0. The van der Waals surface area contributed by atoms with Crippen LogP contribution in [-0.4, -0.2) is 44.3 Å². The van der Waals surface area contributed by atoms with Crippen LogP contribution in [0.25, 0.3) is 0 Å².